The number of hydrogen-bond donors (Lipinski definition) is 1. The third-order valence-electron chi connectivity index (χ3n) is 5.30. The van der Waals surface area contributed by atoms with E-state index in [1.54, 1.807) is 7.05 Å². The van der Waals surface area contributed by atoms with Crippen LogP contribution in [-0.2, 0) is 34.8 Å². The van der Waals surface area contributed by atoms with Crippen LogP contribution in [0.5, 0.6) is 0 Å². The molecule has 4 heterocycles. The second-order valence-corrected chi connectivity index (χ2v) is 10.4. The molecule has 0 aliphatic carbocycles. The molecule has 0 unspecified atom stereocenters. The van der Waals surface area contributed by atoms with Gasteiger partial charge < -0.3 is 10.2 Å². The van der Waals surface area contributed by atoms with Crippen molar-refractivity contribution in [1.29, 1.82) is 0 Å². The number of hydrogen-bond acceptors (Lipinski definition) is 7. The number of carbonyl (C=O) groups excluding carboxylic acids is 1. The van der Waals surface area contributed by atoms with Crippen LogP contribution in [0, 0.1) is 5.92 Å². The van der Waals surface area contributed by atoms with Gasteiger partial charge in [0.25, 0.3) is 0 Å². The van der Waals surface area contributed by atoms with Gasteiger partial charge in [-0.3, -0.25) is 9.48 Å². The molecule has 1 amide bonds. The van der Waals surface area contributed by atoms with Crippen molar-refractivity contribution in [3.63, 3.8) is 0 Å². The Morgan fingerprint density at radius 2 is 2.00 bits per heavy atom. The number of thiazole rings is 1. The Balaban J connectivity index is 1.35. The zero-order valence-electron chi connectivity index (χ0n) is 16.0. The lowest BCUT2D eigenvalue weighted by atomic mass is 9.97. The molecule has 0 radical (unpaired) electrons. The number of piperidine rings is 1. The summed E-state index contributed by atoms with van der Waals surface area (Å²) in [5, 5.41) is 7.53. The number of likely N-dealkylation sites (N-methyl/N-ethyl adjacent to an activating group) is 1. The minimum atomic E-state index is -3.55. The highest BCUT2D eigenvalue weighted by Gasteiger charge is 2.33. The zero-order chi connectivity index (χ0) is 19.9. The van der Waals surface area contributed by atoms with E-state index in [4.69, 9.17) is 0 Å². The lowest BCUT2D eigenvalue weighted by molar-refractivity contribution is -0.120. The first-order chi connectivity index (χ1) is 13.3. The molecule has 0 atom stereocenters. The topological polar surface area (TPSA) is 100 Å². The summed E-state index contributed by atoms with van der Waals surface area (Å²) >= 11 is 1.54. The first-order valence-corrected chi connectivity index (χ1v) is 11.6. The highest BCUT2D eigenvalue weighted by Crippen LogP contribution is 2.29. The van der Waals surface area contributed by atoms with Crippen LogP contribution in [0.2, 0.25) is 0 Å². The molecule has 4 rings (SSSR count). The summed E-state index contributed by atoms with van der Waals surface area (Å²) < 4.78 is 28.2. The lowest BCUT2D eigenvalue weighted by Gasteiger charge is -2.29. The van der Waals surface area contributed by atoms with Gasteiger partial charge in [0, 0.05) is 56.6 Å². The van der Waals surface area contributed by atoms with Crippen LogP contribution in [0.25, 0.3) is 0 Å². The third kappa shape index (κ3) is 3.84. The standard InChI is InChI=1S/C17H24N6O3S2/c1-21-6-5-14-15(11-21)27-17(19-14)20-16(24)12-3-7-23(8-4-12)28(25,26)13-9-18-22(2)10-13/h9-10,12H,3-8,11H2,1-2H3,(H,19,20,24). The van der Waals surface area contributed by atoms with Gasteiger partial charge in [0.1, 0.15) is 4.90 Å². The van der Waals surface area contributed by atoms with E-state index >= 15 is 0 Å². The summed E-state index contributed by atoms with van der Waals surface area (Å²) in [4.78, 5) is 20.8. The van der Waals surface area contributed by atoms with Gasteiger partial charge in [0.2, 0.25) is 15.9 Å². The fourth-order valence-corrected chi connectivity index (χ4v) is 6.17. The molecule has 9 nitrogen and oxygen atoms in total. The monoisotopic (exact) mass is 424 g/mol. The van der Waals surface area contributed by atoms with Gasteiger partial charge in [-0.2, -0.15) is 9.40 Å². The fraction of sp³-hybridized carbons (Fsp3) is 0.588. The number of carbonyl (C=O) groups is 1. The quantitative estimate of drug-likeness (QED) is 0.783. The van der Waals surface area contributed by atoms with Gasteiger partial charge in [0.05, 0.1) is 11.9 Å². The van der Waals surface area contributed by atoms with Crippen LogP contribution < -0.4 is 5.32 Å². The maximum atomic E-state index is 12.7. The highest BCUT2D eigenvalue weighted by atomic mass is 32.2. The predicted octanol–water partition coefficient (Wildman–Crippen LogP) is 0.904. The molecule has 152 valence electrons. The van der Waals surface area contributed by atoms with E-state index in [0.717, 1.165) is 25.2 Å². The summed E-state index contributed by atoms with van der Waals surface area (Å²) in [5.74, 6) is -0.276. The maximum Gasteiger partial charge on any atom is 0.246 e. The number of anilines is 1. The number of nitrogens with zero attached hydrogens (tertiary/aromatic N) is 5. The van der Waals surface area contributed by atoms with E-state index in [9.17, 15) is 13.2 Å². The van der Waals surface area contributed by atoms with Crippen LogP contribution >= 0.6 is 11.3 Å². The first kappa shape index (κ1) is 19.5. The van der Waals surface area contributed by atoms with Crippen molar-refractivity contribution in [2.45, 2.75) is 30.7 Å². The number of aromatic nitrogens is 3. The van der Waals surface area contributed by atoms with E-state index in [1.165, 1.54) is 37.6 Å². The van der Waals surface area contributed by atoms with Crippen molar-refractivity contribution in [2.24, 2.45) is 13.0 Å². The lowest BCUT2D eigenvalue weighted by Crippen LogP contribution is -2.41. The normalized spacial score (nSPS) is 19.5. The van der Waals surface area contributed by atoms with Crippen molar-refractivity contribution in [2.75, 3.05) is 32.0 Å². The molecule has 1 fully saturated rings. The molecular weight excluding hydrogens is 400 g/mol. The van der Waals surface area contributed by atoms with Crippen LogP contribution in [0.1, 0.15) is 23.4 Å². The Kier molecular flexibility index (Phi) is 5.25. The number of aryl methyl sites for hydroxylation is 1. The molecule has 0 aromatic carbocycles. The molecule has 1 saturated heterocycles. The van der Waals surface area contributed by atoms with E-state index in [0.29, 0.717) is 31.1 Å². The van der Waals surface area contributed by atoms with E-state index in [2.05, 4.69) is 27.3 Å². The molecular formula is C17H24N6O3S2. The van der Waals surface area contributed by atoms with Crippen molar-refractivity contribution in [3.8, 4) is 0 Å². The van der Waals surface area contributed by atoms with Crippen molar-refractivity contribution < 1.29 is 13.2 Å². The summed E-state index contributed by atoms with van der Waals surface area (Å²) in [6.45, 7) is 2.50. The Bertz CT molecular complexity index is 975. The van der Waals surface area contributed by atoms with Crippen LogP contribution in [0.15, 0.2) is 17.3 Å². The van der Waals surface area contributed by atoms with Gasteiger partial charge in [-0.1, -0.05) is 0 Å². The number of sulfonamides is 1. The highest BCUT2D eigenvalue weighted by molar-refractivity contribution is 7.89. The molecule has 2 aliphatic rings. The second-order valence-electron chi connectivity index (χ2n) is 7.39. The SMILES string of the molecule is CN1CCc2nc(NC(=O)C3CCN(S(=O)(=O)c4cnn(C)c4)CC3)sc2C1. The summed E-state index contributed by atoms with van der Waals surface area (Å²) in [7, 11) is 0.209. The summed E-state index contributed by atoms with van der Waals surface area (Å²) in [6.07, 6.45) is 4.76. The predicted molar refractivity (Wildman–Crippen MR) is 105 cm³/mol. The summed E-state index contributed by atoms with van der Waals surface area (Å²) in [6, 6.07) is 0. The number of rotatable bonds is 4. The molecule has 2 aromatic heterocycles. The van der Waals surface area contributed by atoms with Gasteiger partial charge in [-0.25, -0.2) is 13.4 Å². The largest absolute Gasteiger partial charge is 0.302 e. The van der Waals surface area contributed by atoms with Crippen LogP contribution in [0.3, 0.4) is 0 Å². The summed E-state index contributed by atoms with van der Waals surface area (Å²) in [5.41, 5.74) is 1.08. The van der Waals surface area contributed by atoms with E-state index < -0.39 is 10.0 Å². The third-order valence-corrected chi connectivity index (χ3v) is 8.15. The molecule has 0 saturated carbocycles. The minimum absolute atomic E-state index is 0.0714. The van der Waals surface area contributed by atoms with Gasteiger partial charge >= 0.3 is 0 Å². The Morgan fingerprint density at radius 1 is 1.25 bits per heavy atom. The smallest absolute Gasteiger partial charge is 0.246 e. The average molecular weight is 425 g/mol. The minimum Gasteiger partial charge on any atom is -0.302 e. The van der Waals surface area contributed by atoms with E-state index in [1.807, 2.05) is 0 Å². The van der Waals surface area contributed by atoms with Gasteiger partial charge in [-0.15, -0.1) is 11.3 Å². The molecule has 2 aliphatic heterocycles. The molecule has 1 N–H and O–H groups in total. The zero-order valence-corrected chi connectivity index (χ0v) is 17.6. The molecule has 28 heavy (non-hydrogen) atoms. The average Bonchev–Trinajstić information content (AvgIpc) is 3.27. The first-order valence-electron chi connectivity index (χ1n) is 9.29. The van der Waals surface area contributed by atoms with Crippen LogP contribution in [0.4, 0.5) is 5.13 Å². The molecule has 0 spiro atoms. The van der Waals surface area contributed by atoms with Crippen molar-refractivity contribution in [1.82, 2.24) is 24.0 Å². The van der Waals surface area contributed by atoms with Gasteiger partial charge in [-0.05, 0) is 19.9 Å². The molecule has 0 bridgehead atoms. The Labute approximate surface area is 168 Å². The van der Waals surface area contributed by atoms with Crippen molar-refractivity contribution in [3.05, 3.63) is 23.0 Å². The maximum absolute atomic E-state index is 12.7. The van der Waals surface area contributed by atoms with Crippen LogP contribution in [-0.4, -0.2) is 65.0 Å². The van der Waals surface area contributed by atoms with Gasteiger partial charge in [0.15, 0.2) is 5.13 Å². The number of amides is 1. The number of nitrogens with one attached hydrogen (secondary N) is 1. The number of fused-ring (bicyclic) bond motifs is 1. The fourth-order valence-electron chi connectivity index (χ4n) is 3.62. The van der Waals surface area contributed by atoms with E-state index in [-0.39, 0.29) is 16.7 Å². The Hall–Kier alpha value is -1.82. The van der Waals surface area contributed by atoms with Crippen molar-refractivity contribution >= 4 is 32.4 Å². The second kappa shape index (κ2) is 7.54. The molecule has 2 aromatic rings. The molecule has 11 heteroatoms. The Morgan fingerprint density at radius 3 is 2.68 bits per heavy atom.